The fraction of sp³-hybridized carbons (Fsp3) is 0.435. The van der Waals surface area contributed by atoms with Gasteiger partial charge in [0.1, 0.15) is 0 Å². The molecule has 0 spiro atoms. The molecule has 0 aliphatic carbocycles. The number of rotatable bonds is 4. The van der Waals surface area contributed by atoms with Gasteiger partial charge < -0.3 is 9.80 Å². The Bertz CT molecular complexity index is 1010. The Balaban J connectivity index is 1.64. The topological polar surface area (TPSA) is 67.8 Å². The highest BCUT2D eigenvalue weighted by molar-refractivity contribution is 5.75. The van der Waals surface area contributed by atoms with E-state index in [1.54, 1.807) is 13.1 Å². The molecule has 1 aromatic carbocycles. The zero-order valence-electron chi connectivity index (χ0n) is 18.3. The van der Waals surface area contributed by atoms with Gasteiger partial charge in [-0.2, -0.15) is 10.2 Å². The van der Waals surface area contributed by atoms with E-state index in [0.29, 0.717) is 6.54 Å². The molecule has 0 atom stereocenters. The third kappa shape index (κ3) is 3.84. The molecule has 0 radical (unpaired) electrons. The van der Waals surface area contributed by atoms with Crippen molar-refractivity contribution in [1.82, 2.24) is 20.1 Å². The van der Waals surface area contributed by atoms with Gasteiger partial charge in [-0.3, -0.25) is 14.9 Å². The monoisotopic (exact) mass is 406 g/mol. The molecule has 1 amide bonds. The molecule has 3 heterocycles. The molecule has 0 saturated carbocycles. The summed E-state index contributed by atoms with van der Waals surface area (Å²) in [7, 11) is 1.96. The summed E-state index contributed by atoms with van der Waals surface area (Å²) in [4.78, 5) is 16.1. The number of aryl methyl sites for hydroxylation is 1. The summed E-state index contributed by atoms with van der Waals surface area (Å²) in [5, 5.41) is 14.1. The number of hydrazone groups is 1. The number of nitrogens with one attached hydrogen (secondary N) is 1. The Hall–Kier alpha value is -3.09. The van der Waals surface area contributed by atoms with Crippen LogP contribution in [0.15, 0.2) is 29.0 Å². The van der Waals surface area contributed by atoms with Crippen molar-refractivity contribution in [3.8, 4) is 0 Å². The lowest BCUT2D eigenvalue weighted by molar-refractivity contribution is -0.129. The van der Waals surface area contributed by atoms with Crippen LogP contribution in [0.25, 0.3) is 6.08 Å². The fourth-order valence-electron chi connectivity index (χ4n) is 4.30. The summed E-state index contributed by atoms with van der Waals surface area (Å²) in [6.07, 6.45) is 6.92. The van der Waals surface area contributed by atoms with Crippen LogP contribution < -0.4 is 4.90 Å². The van der Waals surface area contributed by atoms with Gasteiger partial charge in [0.2, 0.25) is 5.91 Å². The standard InChI is InChI=1S/C23H30N6O/c1-5-24-27(4)16(2)13-18-8-9-22-19(14-18)7-6-11-29(22)23-20-15-28(17(3)30)12-10-21(20)25-26-23/h5,8-9,13-14H,6-7,10-12,15H2,1-4H3,(H,25,26)/b16-13+,24-5-. The van der Waals surface area contributed by atoms with Crippen molar-refractivity contribution in [3.63, 3.8) is 0 Å². The van der Waals surface area contributed by atoms with Crippen molar-refractivity contribution >= 4 is 29.7 Å². The molecule has 30 heavy (non-hydrogen) atoms. The van der Waals surface area contributed by atoms with Crippen molar-refractivity contribution < 1.29 is 4.79 Å². The van der Waals surface area contributed by atoms with E-state index in [4.69, 9.17) is 0 Å². The van der Waals surface area contributed by atoms with E-state index in [1.807, 2.05) is 23.9 Å². The molecule has 2 aliphatic rings. The number of hydrogen-bond donors (Lipinski definition) is 1. The SMILES string of the molecule is C/C=N\N(C)/C(C)=C/c1ccc2c(c1)CCCN2c1n[nH]c2c1CN(C(C)=O)CC2. The van der Waals surface area contributed by atoms with E-state index in [9.17, 15) is 4.79 Å². The number of carbonyl (C=O) groups is 1. The lowest BCUT2D eigenvalue weighted by Gasteiger charge is -2.32. The van der Waals surface area contributed by atoms with Gasteiger partial charge in [0.15, 0.2) is 5.82 Å². The van der Waals surface area contributed by atoms with Crippen LogP contribution in [-0.2, 0) is 24.2 Å². The van der Waals surface area contributed by atoms with E-state index >= 15 is 0 Å². The third-order valence-electron chi connectivity index (χ3n) is 6.01. The van der Waals surface area contributed by atoms with Crippen LogP contribution in [0.1, 0.15) is 49.6 Å². The summed E-state index contributed by atoms with van der Waals surface area (Å²) in [5.41, 5.74) is 7.13. The second-order valence-corrected chi connectivity index (χ2v) is 8.02. The van der Waals surface area contributed by atoms with Crippen molar-refractivity contribution in [2.24, 2.45) is 5.10 Å². The molecule has 0 unspecified atom stereocenters. The molecular formula is C23H30N6O. The quantitative estimate of drug-likeness (QED) is 0.621. The Morgan fingerprint density at radius 3 is 2.87 bits per heavy atom. The molecule has 1 N–H and O–H groups in total. The molecule has 0 fully saturated rings. The van der Waals surface area contributed by atoms with E-state index in [2.05, 4.69) is 51.4 Å². The van der Waals surface area contributed by atoms with Gasteiger partial charge in [0.05, 0.1) is 6.54 Å². The fourth-order valence-corrected chi connectivity index (χ4v) is 4.30. The van der Waals surface area contributed by atoms with Gasteiger partial charge in [-0.1, -0.05) is 6.07 Å². The number of nitrogens with zero attached hydrogens (tertiary/aromatic N) is 5. The number of H-pyrrole nitrogens is 1. The van der Waals surface area contributed by atoms with E-state index in [1.165, 1.54) is 16.8 Å². The van der Waals surface area contributed by atoms with Gasteiger partial charge in [-0.25, -0.2) is 0 Å². The molecule has 0 saturated heterocycles. The van der Waals surface area contributed by atoms with E-state index < -0.39 is 0 Å². The van der Waals surface area contributed by atoms with Crippen molar-refractivity contribution in [3.05, 3.63) is 46.3 Å². The summed E-state index contributed by atoms with van der Waals surface area (Å²) in [5.74, 6) is 1.09. The van der Waals surface area contributed by atoms with Crippen LogP contribution >= 0.6 is 0 Å². The zero-order valence-corrected chi connectivity index (χ0v) is 18.3. The minimum atomic E-state index is 0.121. The molecule has 158 valence electrons. The van der Waals surface area contributed by atoms with Gasteiger partial charge in [0, 0.05) is 62.3 Å². The molecular weight excluding hydrogens is 376 g/mol. The summed E-state index contributed by atoms with van der Waals surface area (Å²) >= 11 is 0. The predicted octanol–water partition coefficient (Wildman–Crippen LogP) is 3.70. The highest BCUT2D eigenvalue weighted by Gasteiger charge is 2.28. The van der Waals surface area contributed by atoms with Gasteiger partial charge in [-0.15, -0.1) is 0 Å². The highest BCUT2D eigenvalue weighted by Crippen LogP contribution is 2.37. The number of aromatic amines is 1. The Kier molecular flexibility index (Phi) is 5.61. The van der Waals surface area contributed by atoms with Crippen molar-refractivity contribution in [2.45, 2.75) is 46.6 Å². The molecule has 2 aliphatic heterocycles. The van der Waals surface area contributed by atoms with E-state index in [-0.39, 0.29) is 5.91 Å². The van der Waals surface area contributed by atoms with Crippen LogP contribution in [0, 0.1) is 0 Å². The largest absolute Gasteiger partial charge is 0.338 e. The number of carbonyl (C=O) groups excluding carboxylic acids is 1. The molecule has 7 heteroatoms. The van der Waals surface area contributed by atoms with Gasteiger partial charge in [-0.05, 0) is 56.0 Å². The highest BCUT2D eigenvalue weighted by atomic mass is 16.2. The van der Waals surface area contributed by atoms with Crippen LogP contribution in [-0.4, -0.2) is 52.4 Å². The van der Waals surface area contributed by atoms with Crippen molar-refractivity contribution in [2.75, 3.05) is 25.0 Å². The minimum Gasteiger partial charge on any atom is -0.338 e. The minimum absolute atomic E-state index is 0.121. The maximum atomic E-state index is 11.9. The van der Waals surface area contributed by atoms with Crippen LogP contribution in [0.4, 0.5) is 11.5 Å². The molecule has 7 nitrogen and oxygen atoms in total. The second kappa shape index (κ2) is 8.34. The summed E-state index contributed by atoms with van der Waals surface area (Å²) in [6.45, 7) is 7.95. The smallest absolute Gasteiger partial charge is 0.219 e. The maximum Gasteiger partial charge on any atom is 0.219 e. The van der Waals surface area contributed by atoms with Crippen LogP contribution in [0.3, 0.4) is 0 Å². The van der Waals surface area contributed by atoms with E-state index in [0.717, 1.165) is 55.1 Å². The predicted molar refractivity (Wildman–Crippen MR) is 121 cm³/mol. The Morgan fingerprint density at radius 2 is 2.10 bits per heavy atom. The summed E-state index contributed by atoms with van der Waals surface area (Å²) < 4.78 is 0. The number of allylic oxidation sites excluding steroid dienone is 1. The molecule has 4 rings (SSSR count). The average Bonchev–Trinajstić information content (AvgIpc) is 3.16. The van der Waals surface area contributed by atoms with Crippen LogP contribution in [0.2, 0.25) is 0 Å². The number of anilines is 2. The molecule has 2 aromatic rings. The molecule has 1 aromatic heterocycles. The number of fused-ring (bicyclic) bond motifs is 2. The number of hydrogen-bond acceptors (Lipinski definition) is 5. The number of amides is 1. The first-order valence-electron chi connectivity index (χ1n) is 10.6. The number of benzene rings is 1. The third-order valence-corrected chi connectivity index (χ3v) is 6.01. The first-order chi connectivity index (χ1) is 14.5. The first-order valence-corrected chi connectivity index (χ1v) is 10.6. The lowest BCUT2D eigenvalue weighted by Crippen LogP contribution is -2.35. The Morgan fingerprint density at radius 1 is 1.27 bits per heavy atom. The van der Waals surface area contributed by atoms with Crippen LogP contribution in [0.5, 0.6) is 0 Å². The number of aromatic nitrogens is 2. The van der Waals surface area contributed by atoms with Gasteiger partial charge in [0.25, 0.3) is 0 Å². The van der Waals surface area contributed by atoms with Gasteiger partial charge >= 0.3 is 0 Å². The van der Waals surface area contributed by atoms with Crippen molar-refractivity contribution in [1.29, 1.82) is 0 Å². The average molecular weight is 407 g/mol. The molecule has 0 bridgehead atoms. The zero-order chi connectivity index (χ0) is 21.3. The first kappa shape index (κ1) is 20.2. The Labute approximate surface area is 178 Å². The second-order valence-electron chi connectivity index (χ2n) is 8.02. The maximum absolute atomic E-state index is 11.9. The summed E-state index contributed by atoms with van der Waals surface area (Å²) in [6, 6.07) is 6.63. The normalized spacial score (nSPS) is 16.6. The lowest BCUT2D eigenvalue weighted by atomic mass is 9.98.